The highest BCUT2D eigenvalue weighted by Crippen LogP contribution is 2.23. The van der Waals surface area contributed by atoms with Crippen molar-refractivity contribution in [1.29, 1.82) is 0 Å². The topological polar surface area (TPSA) is 59.4 Å². The molecule has 0 saturated carbocycles. The van der Waals surface area contributed by atoms with Gasteiger partial charge in [-0.1, -0.05) is 6.07 Å². The summed E-state index contributed by atoms with van der Waals surface area (Å²) in [5, 5.41) is 9.94. The van der Waals surface area contributed by atoms with Gasteiger partial charge in [-0.05, 0) is 45.0 Å². The molecule has 2 rings (SSSR count). The van der Waals surface area contributed by atoms with Crippen LogP contribution in [-0.2, 0) is 4.79 Å². The lowest BCUT2D eigenvalue weighted by Crippen LogP contribution is -2.37. The summed E-state index contributed by atoms with van der Waals surface area (Å²) in [7, 11) is 0. The summed E-state index contributed by atoms with van der Waals surface area (Å²) >= 11 is 0. The normalized spacial score (nSPS) is 11.5. The Balaban J connectivity index is 2.36. The maximum Gasteiger partial charge on any atom is 0.347 e. The van der Waals surface area contributed by atoms with E-state index in [-0.39, 0.29) is 0 Å². The molecule has 0 fully saturated rings. The van der Waals surface area contributed by atoms with Crippen molar-refractivity contribution in [1.82, 2.24) is 4.98 Å². The number of nitrogens with zero attached hydrogens (tertiary/aromatic N) is 1. The van der Waals surface area contributed by atoms with Crippen LogP contribution < -0.4 is 4.74 Å². The number of aliphatic carboxylic acids is 1. The van der Waals surface area contributed by atoms with Gasteiger partial charge in [0.25, 0.3) is 0 Å². The fraction of sp³-hybridized carbons (Fsp3) is 0.286. The molecular formula is C14H15NO3. The molecule has 0 saturated heterocycles. The number of pyridine rings is 1. The van der Waals surface area contributed by atoms with Crippen molar-refractivity contribution >= 4 is 16.9 Å². The van der Waals surface area contributed by atoms with Crippen LogP contribution in [0.1, 0.15) is 19.5 Å². The Kier molecular flexibility index (Phi) is 2.95. The summed E-state index contributed by atoms with van der Waals surface area (Å²) < 4.78 is 5.47. The predicted octanol–water partition coefficient (Wildman–Crippen LogP) is 2.79. The van der Waals surface area contributed by atoms with Crippen LogP contribution >= 0.6 is 0 Å². The molecule has 0 unspecified atom stereocenters. The Morgan fingerprint density at radius 2 is 2.00 bits per heavy atom. The minimum atomic E-state index is -1.24. The summed E-state index contributed by atoms with van der Waals surface area (Å²) in [6, 6.07) is 9.22. The minimum absolute atomic E-state index is 0.528. The van der Waals surface area contributed by atoms with Gasteiger partial charge in [0.05, 0.1) is 5.52 Å². The maximum absolute atomic E-state index is 11.0. The van der Waals surface area contributed by atoms with Gasteiger partial charge in [0.1, 0.15) is 5.75 Å². The second-order valence-electron chi connectivity index (χ2n) is 4.72. The molecule has 0 bridgehead atoms. The zero-order valence-electron chi connectivity index (χ0n) is 10.6. The Morgan fingerprint density at radius 1 is 1.28 bits per heavy atom. The predicted molar refractivity (Wildman–Crippen MR) is 68.8 cm³/mol. The summed E-state index contributed by atoms with van der Waals surface area (Å²) in [5.74, 6) is -0.467. The van der Waals surface area contributed by atoms with Crippen LogP contribution in [0.2, 0.25) is 0 Å². The number of ether oxygens (including phenoxy) is 1. The Morgan fingerprint density at radius 3 is 2.67 bits per heavy atom. The van der Waals surface area contributed by atoms with Gasteiger partial charge in [0.15, 0.2) is 5.60 Å². The number of aryl methyl sites for hydroxylation is 1. The summed E-state index contributed by atoms with van der Waals surface area (Å²) in [5.41, 5.74) is 0.573. The SMILES string of the molecule is Cc1ccc2cc(OC(C)(C)C(=O)O)ccc2n1. The number of benzene rings is 1. The lowest BCUT2D eigenvalue weighted by atomic mass is 10.1. The fourth-order valence-corrected chi connectivity index (χ4v) is 1.61. The van der Waals surface area contributed by atoms with Crippen molar-refractivity contribution in [2.75, 3.05) is 0 Å². The second-order valence-corrected chi connectivity index (χ2v) is 4.72. The largest absolute Gasteiger partial charge is 0.478 e. The van der Waals surface area contributed by atoms with Crippen LogP contribution in [0.4, 0.5) is 0 Å². The summed E-state index contributed by atoms with van der Waals surface area (Å²) in [6.07, 6.45) is 0. The van der Waals surface area contributed by atoms with E-state index in [9.17, 15) is 4.79 Å². The molecule has 1 aromatic carbocycles. The molecule has 0 aliphatic heterocycles. The Hall–Kier alpha value is -2.10. The van der Waals surface area contributed by atoms with Crippen LogP contribution in [0.3, 0.4) is 0 Å². The van der Waals surface area contributed by atoms with Crippen molar-refractivity contribution in [3.05, 3.63) is 36.0 Å². The van der Waals surface area contributed by atoms with E-state index < -0.39 is 11.6 Å². The molecule has 1 aromatic heterocycles. The van der Waals surface area contributed by atoms with Gasteiger partial charge in [0, 0.05) is 11.1 Å². The smallest absolute Gasteiger partial charge is 0.347 e. The zero-order valence-corrected chi connectivity index (χ0v) is 10.6. The molecule has 18 heavy (non-hydrogen) atoms. The Bertz CT molecular complexity index is 605. The van der Waals surface area contributed by atoms with Gasteiger partial charge < -0.3 is 9.84 Å². The van der Waals surface area contributed by atoms with Gasteiger partial charge in [-0.15, -0.1) is 0 Å². The molecule has 1 N–H and O–H groups in total. The highest BCUT2D eigenvalue weighted by atomic mass is 16.5. The minimum Gasteiger partial charge on any atom is -0.478 e. The van der Waals surface area contributed by atoms with Crippen LogP contribution in [0.25, 0.3) is 10.9 Å². The number of hydrogen-bond acceptors (Lipinski definition) is 3. The van der Waals surface area contributed by atoms with Crippen molar-refractivity contribution in [3.63, 3.8) is 0 Å². The van der Waals surface area contributed by atoms with Crippen LogP contribution in [0.15, 0.2) is 30.3 Å². The number of carbonyl (C=O) groups is 1. The average Bonchev–Trinajstić information content (AvgIpc) is 2.28. The number of rotatable bonds is 3. The van der Waals surface area contributed by atoms with E-state index in [1.54, 1.807) is 12.1 Å². The first kappa shape index (κ1) is 12.4. The quantitative estimate of drug-likeness (QED) is 0.903. The van der Waals surface area contributed by atoms with Crippen LogP contribution in [-0.4, -0.2) is 21.7 Å². The molecule has 2 aromatic rings. The number of hydrogen-bond donors (Lipinski definition) is 1. The van der Waals surface area contributed by atoms with Crippen LogP contribution in [0, 0.1) is 6.92 Å². The molecular weight excluding hydrogens is 230 g/mol. The molecule has 94 valence electrons. The Labute approximate surface area is 105 Å². The summed E-state index contributed by atoms with van der Waals surface area (Å²) in [4.78, 5) is 15.4. The standard InChI is InChI=1S/C14H15NO3/c1-9-4-5-10-8-11(6-7-12(10)15-9)18-14(2,3)13(16)17/h4-8H,1-3H3,(H,16,17). The molecule has 0 aliphatic carbocycles. The fourth-order valence-electron chi connectivity index (χ4n) is 1.61. The van der Waals surface area contributed by atoms with Gasteiger partial charge in [-0.3, -0.25) is 4.98 Å². The third-order valence-corrected chi connectivity index (χ3v) is 2.69. The number of aromatic nitrogens is 1. The highest BCUT2D eigenvalue weighted by Gasteiger charge is 2.29. The van der Waals surface area contributed by atoms with E-state index in [0.29, 0.717) is 5.75 Å². The van der Waals surface area contributed by atoms with E-state index in [1.165, 1.54) is 13.8 Å². The first-order valence-corrected chi connectivity index (χ1v) is 5.68. The van der Waals surface area contributed by atoms with Gasteiger partial charge >= 0.3 is 5.97 Å². The van der Waals surface area contributed by atoms with Crippen molar-refractivity contribution in [2.45, 2.75) is 26.4 Å². The van der Waals surface area contributed by atoms with E-state index in [4.69, 9.17) is 9.84 Å². The molecule has 4 nitrogen and oxygen atoms in total. The number of carboxylic acids is 1. The monoisotopic (exact) mass is 245 g/mol. The van der Waals surface area contributed by atoms with Crippen LogP contribution in [0.5, 0.6) is 5.75 Å². The van der Waals surface area contributed by atoms with Gasteiger partial charge in [0.2, 0.25) is 0 Å². The molecule has 4 heteroatoms. The molecule has 0 amide bonds. The molecule has 1 heterocycles. The number of carboxylic acid groups (broad SMARTS) is 1. The third kappa shape index (κ3) is 2.42. The zero-order chi connectivity index (χ0) is 13.3. The van der Waals surface area contributed by atoms with Crippen molar-refractivity contribution in [2.24, 2.45) is 0 Å². The highest BCUT2D eigenvalue weighted by molar-refractivity contribution is 5.81. The average molecular weight is 245 g/mol. The van der Waals surface area contributed by atoms with E-state index in [0.717, 1.165) is 16.6 Å². The number of fused-ring (bicyclic) bond motifs is 1. The lowest BCUT2D eigenvalue weighted by Gasteiger charge is -2.21. The van der Waals surface area contributed by atoms with E-state index in [1.807, 2.05) is 25.1 Å². The molecule has 0 radical (unpaired) electrons. The first-order valence-electron chi connectivity index (χ1n) is 5.68. The second kappa shape index (κ2) is 4.29. The van der Waals surface area contributed by atoms with E-state index >= 15 is 0 Å². The van der Waals surface area contributed by atoms with Gasteiger partial charge in [-0.25, -0.2) is 4.79 Å². The molecule has 0 atom stereocenters. The third-order valence-electron chi connectivity index (χ3n) is 2.69. The lowest BCUT2D eigenvalue weighted by molar-refractivity contribution is -0.152. The van der Waals surface area contributed by atoms with Gasteiger partial charge in [-0.2, -0.15) is 0 Å². The maximum atomic E-state index is 11.0. The van der Waals surface area contributed by atoms with Crippen molar-refractivity contribution in [3.8, 4) is 5.75 Å². The van der Waals surface area contributed by atoms with E-state index in [2.05, 4.69) is 4.98 Å². The summed E-state index contributed by atoms with van der Waals surface area (Å²) in [6.45, 7) is 4.97. The van der Waals surface area contributed by atoms with Crippen molar-refractivity contribution < 1.29 is 14.6 Å². The molecule has 0 spiro atoms. The molecule has 0 aliphatic rings. The first-order chi connectivity index (χ1) is 8.38.